The molecule has 0 saturated carbocycles. The maximum Gasteiger partial charge on any atom is 0.522 e. The van der Waals surface area contributed by atoms with E-state index in [0.717, 1.165) is 32.5 Å². The van der Waals surface area contributed by atoms with Crippen molar-refractivity contribution in [3.8, 4) is 0 Å². The standard InChI is InChI=1S/C11H21F3N2O2/c1-17-7-4-15-9-10-3-2-5-16(10)6-8-18-11(12,13)14/h10,15H,2-9H2,1H3. The van der Waals surface area contributed by atoms with Crippen LogP contribution in [0.4, 0.5) is 13.2 Å². The summed E-state index contributed by atoms with van der Waals surface area (Å²) in [6, 6.07) is 0.304. The summed E-state index contributed by atoms with van der Waals surface area (Å²) in [7, 11) is 1.64. The van der Waals surface area contributed by atoms with Crippen LogP contribution in [0.15, 0.2) is 0 Å². The fourth-order valence-corrected chi connectivity index (χ4v) is 2.14. The molecule has 18 heavy (non-hydrogen) atoms. The van der Waals surface area contributed by atoms with Gasteiger partial charge in [0.2, 0.25) is 0 Å². The highest BCUT2D eigenvalue weighted by Crippen LogP contribution is 2.19. The van der Waals surface area contributed by atoms with Crippen LogP contribution in [0.1, 0.15) is 12.8 Å². The van der Waals surface area contributed by atoms with Crippen LogP contribution in [0, 0.1) is 0 Å². The lowest BCUT2D eigenvalue weighted by Gasteiger charge is -2.24. The fraction of sp³-hybridized carbons (Fsp3) is 1.00. The predicted molar refractivity (Wildman–Crippen MR) is 61.3 cm³/mol. The first-order valence-corrected chi connectivity index (χ1v) is 6.17. The molecule has 0 amide bonds. The molecule has 1 N–H and O–H groups in total. The van der Waals surface area contributed by atoms with E-state index in [9.17, 15) is 13.2 Å². The molecule has 1 aliphatic rings. The molecule has 108 valence electrons. The highest BCUT2D eigenvalue weighted by atomic mass is 19.4. The number of hydrogen-bond acceptors (Lipinski definition) is 4. The maximum atomic E-state index is 11.8. The summed E-state index contributed by atoms with van der Waals surface area (Å²) < 4.78 is 44.3. The average molecular weight is 270 g/mol. The first kappa shape index (κ1) is 15.7. The van der Waals surface area contributed by atoms with Crippen molar-refractivity contribution in [2.45, 2.75) is 25.2 Å². The lowest BCUT2D eigenvalue weighted by molar-refractivity contribution is -0.325. The quantitative estimate of drug-likeness (QED) is 0.673. The number of hydrogen-bond donors (Lipinski definition) is 1. The molecule has 1 heterocycles. The third-order valence-corrected chi connectivity index (χ3v) is 3.01. The molecule has 0 aromatic heterocycles. The lowest BCUT2D eigenvalue weighted by atomic mass is 10.2. The second-order valence-electron chi connectivity index (χ2n) is 4.32. The minimum absolute atomic E-state index is 0.294. The number of halogens is 3. The molecule has 1 aliphatic heterocycles. The van der Waals surface area contributed by atoms with Crippen molar-refractivity contribution in [2.75, 3.05) is 46.5 Å². The van der Waals surface area contributed by atoms with Crippen LogP contribution in [0.5, 0.6) is 0 Å². The van der Waals surface area contributed by atoms with E-state index in [1.165, 1.54) is 0 Å². The molecule has 1 rings (SSSR count). The lowest BCUT2D eigenvalue weighted by Crippen LogP contribution is -2.40. The number of rotatable bonds is 8. The van der Waals surface area contributed by atoms with Gasteiger partial charge in [0.05, 0.1) is 13.2 Å². The Morgan fingerprint density at radius 3 is 2.78 bits per heavy atom. The molecule has 4 nitrogen and oxygen atoms in total. The maximum absolute atomic E-state index is 11.8. The van der Waals surface area contributed by atoms with Crippen LogP contribution in [0.25, 0.3) is 0 Å². The number of nitrogens with one attached hydrogen (secondary N) is 1. The van der Waals surface area contributed by atoms with Crippen molar-refractivity contribution in [2.24, 2.45) is 0 Å². The topological polar surface area (TPSA) is 33.7 Å². The molecule has 0 aromatic carbocycles. The summed E-state index contributed by atoms with van der Waals surface area (Å²) in [4.78, 5) is 2.05. The first-order chi connectivity index (χ1) is 8.53. The van der Waals surface area contributed by atoms with Crippen LogP contribution in [-0.4, -0.2) is 63.8 Å². The zero-order valence-corrected chi connectivity index (χ0v) is 10.6. The van der Waals surface area contributed by atoms with E-state index < -0.39 is 6.36 Å². The minimum atomic E-state index is -4.52. The minimum Gasteiger partial charge on any atom is -0.383 e. The van der Waals surface area contributed by atoms with Crippen molar-refractivity contribution in [3.05, 3.63) is 0 Å². The van der Waals surface area contributed by atoms with Crippen molar-refractivity contribution in [1.29, 1.82) is 0 Å². The van der Waals surface area contributed by atoms with Crippen LogP contribution in [0.2, 0.25) is 0 Å². The van der Waals surface area contributed by atoms with E-state index in [1.54, 1.807) is 7.11 Å². The molecule has 0 spiro atoms. The van der Waals surface area contributed by atoms with Gasteiger partial charge in [0.25, 0.3) is 0 Å². The van der Waals surface area contributed by atoms with Gasteiger partial charge in [-0.25, -0.2) is 0 Å². The highest BCUT2D eigenvalue weighted by Gasteiger charge is 2.30. The van der Waals surface area contributed by atoms with E-state index in [0.29, 0.717) is 19.2 Å². The van der Waals surface area contributed by atoms with Crippen molar-refractivity contribution in [3.63, 3.8) is 0 Å². The number of alkyl halides is 3. The Hall–Kier alpha value is -0.370. The van der Waals surface area contributed by atoms with Gasteiger partial charge in [-0.1, -0.05) is 0 Å². The molecule has 0 aliphatic carbocycles. The van der Waals surface area contributed by atoms with E-state index >= 15 is 0 Å². The SMILES string of the molecule is COCCNCC1CCCN1CCOC(F)(F)F. The molecule has 7 heteroatoms. The van der Waals surface area contributed by atoms with Crippen LogP contribution >= 0.6 is 0 Å². The second-order valence-corrected chi connectivity index (χ2v) is 4.32. The van der Waals surface area contributed by atoms with E-state index in [-0.39, 0.29) is 6.61 Å². The summed E-state index contributed by atoms with van der Waals surface area (Å²) in [5, 5.41) is 3.24. The molecule has 1 unspecified atom stereocenters. The van der Waals surface area contributed by atoms with Gasteiger partial charge in [-0.2, -0.15) is 0 Å². The number of likely N-dealkylation sites (tertiary alicyclic amines) is 1. The Morgan fingerprint density at radius 2 is 2.11 bits per heavy atom. The van der Waals surface area contributed by atoms with E-state index in [1.807, 2.05) is 4.90 Å². The van der Waals surface area contributed by atoms with Crippen molar-refractivity contribution < 1.29 is 22.6 Å². The smallest absolute Gasteiger partial charge is 0.383 e. The molecule has 1 fully saturated rings. The van der Waals surface area contributed by atoms with Gasteiger partial charge in [-0.05, 0) is 19.4 Å². The molecule has 0 radical (unpaired) electrons. The van der Waals surface area contributed by atoms with Crippen LogP contribution in [0.3, 0.4) is 0 Å². The molecular formula is C11H21F3N2O2. The molecule has 1 atom stereocenters. The van der Waals surface area contributed by atoms with Gasteiger partial charge in [0, 0.05) is 32.8 Å². The molecule has 0 aromatic rings. The summed E-state index contributed by atoms with van der Waals surface area (Å²) >= 11 is 0. The zero-order valence-electron chi connectivity index (χ0n) is 10.6. The van der Waals surface area contributed by atoms with Gasteiger partial charge in [-0.3, -0.25) is 9.64 Å². The fourth-order valence-electron chi connectivity index (χ4n) is 2.14. The van der Waals surface area contributed by atoms with Gasteiger partial charge >= 0.3 is 6.36 Å². The Bertz CT molecular complexity index is 227. The number of nitrogens with zero attached hydrogens (tertiary/aromatic N) is 1. The first-order valence-electron chi connectivity index (χ1n) is 6.17. The summed E-state index contributed by atoms with van der Waals surface area (Å²) in [6.45, 7) is 3.07. The summed E-state index contributed by atoms with van der Waals surface area (Å²) in [5.41, 5.74) is 0. The van der Waals surface area contributed by atoms with E-state index in [2.05, 4.69) is 10.1 Å². The number of ether oxygens (including phenoxy) is 2. The van der Waals surface area contributed by atoms with Crippen molar-refractivity contribution in [1.82, 2.24) is 10.2 Å². The Kier molecular flexibility index (Phi) is 6.91. The van der Waals surface area contributed by atoms with Gasteiger partial charge < -0.3 is 10.1 Å². The largest absolute Gasteiger partial charge is 0.522 e. The highest BCUT2D eigenvalue weighted by molar-refractivity contribution is 4.80. The summed E-state index contributed by atoms with van der Waals surface area (Å²) in [6.07, 6.45) is -2.47. The van der Waals surface area contributed by atoms with Gasteiger partial charge in [0.1, 0.15) is 0 Å². The van der Waals surface area contributed by atoms with Crippen LogP contribution in [-0.2, 0) is 9.47 Å². The summed E-state index contributed by atoms with van der Waals surface area (Å²) in [5.74, 6) is 0. The van der Waals surface area contributed by atoms with Gasteiger partial charge in [0.15, 0.2) is 0 Å². The Labute approximate surface area is 105 Å². The Balaban J connectivity index is 2.15. The van der Waals surface area contributed by atoms with Crippen LogP contribution < -0.4 is 5.32 Å². The zero-order chi connectivity index (χ0) is 13.4. The number of methoxy groups -OCH3 is 1. The normalized spacial score (nSPS) is 21.7. The average Bonchev–Trinajstić information content (AvgIpc) is 2.71. The third-order valence-electron chi connectivity index (χ3n) is 3.01. The molecular weight excluding hydrogens is 249 g/mol. The second kappa shape index (κ2) is 7.93. The van der Waals surface area contributed by atoms with Gasteiger partial charge in [-0.15, -0.1) is 13.2 Å². The Morgan fingerprint density at radius 1 is 1.33 bits per heavy atom. The van der Waals surface area contributed by atoms with Crippen molar-refractivity contribution >= 4 is 0 Å². The monoisotopic (exact) mass is 270 g/mol. The third kappa shape index (κ3) is 6.53. The van der Waals surface area contributed by atoms with E-state index in [4.69, 9.17) is 4.74 Å². The molecule has 0 bridgehead atoms. The predicted octanol–water partition coefficient (Wildman–Crippen LogP) is 1.22. The molecule has 1 saturated heterocycles.